The SMILES string of the molecule is CC[C@@H](C(=O)Nc1ccc(Cl)cc1)n1ncc(-c2ccc(Cl)cc2)nc1=O. The summed E-state index contributed by atoms with van der Waals surface area (Å²) in [5, 5.41) is 8.07. The molecule has 8 heteroatoms. The molecule has 0 unspecified atom stereocenters. The van der Waals surface area contributed by atoms with E-state index in [2.05, 4.69) is 15.4 Å². The first-order chi connectivity index (χ1) is 13.0. The Morgan fingerprint density at radius 2 is 1.67 bits per heavy atom. The van der Waals surface area contributed by atoms with Crippen molar-refractivity contribution in [3.63, 3.8) is 0 Å². The fourth-order valence-corrected chi connectivity index (χ4v) is 2.80. The zero-order valence-corrected chi connectivity index (χ0v) is 15.9. The number of nitrogens with zero attached hydrogens (tertiary/aromatic N) is 3. The molecule has 1 atom stereocenters. The first kappa shape index (κ1) is 19.1. The first-order valence-electron chi connectivity index (χ1n) is 8.26. The average molecular weight is 403 g/mol. The van der Waals surface area contributed by atoms with Gasteiger partial charge in [-0.2, -0.15) is 10.1 Å². The molecule has 0 aliphatic rings. The van der Waals surface area contributed by atoms with Crippen molar-refractivity contribution < 1.29 is 4.79 Å². The molecule has 3 rings (SSSR count). The van der Waals surface area contributed by atoms with Crippen LogP contribution in [0.25, 0.3) is 11.3 Å². The summed E-state index contributed by atoms with van der Waals surface area (Å²) in [6, 6.07) is 12.9. The second-order valence-corrected chi connectivity index (χ2v) is 6.67. The number of anilines is 1. The topological polar surface area (TPSA) is 76.9 Å². The molecule has 0 radical (unpaired) electrons. The number of hydrogen-bond acceptors (Lipinski definition) is 4. The van der Waals surface area contributed by atoms with Crippen LogP contribution in [0.3, 0.4) is 0 Å². The van der Waals surface area contributed by atoms with E-state index in [-0.39, 0.29) is 5.91 Å². The maximum atomic E-state index is 12.6. The van der Waals surface area contributed by atoms with Gasteiger partial charge in [-0.05, 0) is 42.8 Å². The van der Waals surface area contributed by atoms with E-state index in [0.717, 1.165) is 10.2 Å². The van der Waals surface area contributed by atoms with Crippen LogP contribution in [0.5, 0.6) is 0 Å². The highest BCUT2D eigenvalue weighted by Gasteiger charge is 2.22. The number of nitrogens with one attached hydrogen (secondary N) is 1. The van der Waals surface area contributed by atoms with Gasteiger partial charge in [0.2, 0.25) is 5.91 Å². The fourth-order valence-electron chi connectivity index (χ4n) is 2.55. The van der Waals surface area contributed by atoms with E-state index in [0.29, 0.717) is 27.8 Å². The molecule has 3 aromatic rings. The van der Waals surface area contributed by atoms with Crippen LogP contribution in [0.1, 0.15) is 19.4 Å². The highest BCUT2D eigenvalue weighted by molar-refractivity contribution is 6.30. The van der Waals surface area contributed by atoms with Gasteiger partial charge in [-0.1, -0.05) is 42.3 Å². The molecule has 0 saturated carbocycles. The molecule has 0 aliphatic heterocycles. The molecular formula is C19H16Cl2N4O2. The summed E-state index contributed by atoms with van der Waals surface area (Å²) in [4.78, 5) is 29.1. The van der Waals surface area contributed by atoms with Crippen LogP contribution in [0.2, 0.25) is 10.0 Å². The van der Waals surface area contributed by atoms with Gasteiger partial charge in [0.25, 0.3) is 0 Å². The molecule has 138 valence electrons. The number of carbonyl (C=O) groups is 1. The number of hydrogen-bond donors (Lipinski definition) is 1. The largest absolute Gasteiger partial charge is 0.365 e. The number of halogens is 2. The Labute approximate surface area is 165 Å². The first-order valence-corrected chi connectivity index (χ1v) is 9.01. The zero-order valence-electron chi connectivity index (χ0n) is 14.4. The van der Waals surface area contributed by atoms with Crippen LogP contribution < -0.4 is 11.0 Å². The monoisotopic (exact) mass is 402 g/mol. The van der Waals surface area contributed by atoms with Crippen molar-refractivity contribution >= 4 is 34.8 Å². The summed E-state index contributed by atoms with van der Waals surface area (Å²) in [6.07, 6.45) is 1.84. The molecule has 1 N–H and O–H groups in total. The van der Waals surface area contributed by atoms with Crippen molar-refractivity contribution in [3.05, 3.63) is 75.3 Å². The maximum Gasteiger partial charge on any atom is 0.365 e. The van der Waals surface area contributed by atoms with E-state index in [1.54, 1.807) is 55.5 Å². The van der Waals surface area contributed by atoms with Crippen LogP contribution in [0.4, 0.5) is 5.69 Å². The Balaban J connectivity index is 1.84. The minimum absolute atomic E-state index is 0.351. The van der Waals surface area contributed by atoms with E-state index in [1.807, 2.05) is 0 Å². The Morgan fingerprint density at radius 1 is 1.07 bits per heavy atom. The minimum atomic E-state index is -0.778. The van der Waals surface area contributed by atoms with Crippen molar-refractivity contribution in [1.82, 2.24) is 14.8 Å². The van der Waals surface area contributed by atoms with Gasteiger partial charge < -0.3 is 5.32 Å². The van der Waals surface area contributed by atoms with E-state index < -0.39 is 11.7 Å². The van der Waals surface area contributed by atoms with Crippen molar-refractivity contribution in [2.75, 3.05) is 5.32 Å². The van der Waals surface area contributed by atoms with Gasteiger partial charge in [0, 0.05) is 21.3 Å². The third kappa shape index (κ3) is 4.53. The van der Waals surface area contributed by atoms with E-state index in [1.165, 1.54) is 6.20 Å². The minimum Gasteiger partial charge on any atom is -0.324 e. The molecule has 2 aromatic carbocycles. The van der Waals surface area contributed by atoms with Gasteiger partial charge in [-0.25, -0.2) is 9.48 Å². The Hall–Kier alpha value is -2.70. The molecule has 27 heavy (non-hydrogen) atoms. The molecule has 0 bridgehead atoms. The predicted molar refractivity (Wildman–Crippen MR) is 106 cm³/mol. The standard InChI is InChI=1S/C19H16Cl2N4O2/c1-2-17(18(26)23-15-9-7-14(21)8-10-15)25-19(27)24-16(11-22-25)12-3-5-13(20)6-4-12/h3-11,17H,2H2,1H3,(H,23,26)/t17-/m0/s1. The highest BCUT2D eigenvalue weighted by Crippen LogP contribution is 2.19. The number of rotatable bonds is 5. The summed E-state index contributed by atoms with van der Waals surface area (Å²) in [5.74, 6) is -0.351. The summed E-state index contributed by atoms with van der Waals surface area (Å²) < 4.78 is 1.09. The Kier molecular flexibility index (Phi) is 5.88. The van der Waals surface area contributed by atoms with E-state index in [9.17, 15) is 9.59 Å². The lowest BCUT2D eigenvalue weighted by Gasteiger charge is -2.16. The molecule has 0 fully saturated rings. The van der Waals surface area contributed by atoms with Gasteiger partial charge in [-0.3, -0.25) is 4.79 Å². The Morgan fingerprint density at radius 3 is 2.22 bits per heavy atom. The second-order valence-electron chi connectivity index (χ2n) is 5.80. The number of carbonyl (C=O) groups excluding carboxylic acids is 1. The van der Waals surface area contributed by atoms with Gasteiger partial charge in [0.15, 0.2) is 0 Å². The summed E-state index contributed by atoms with van der Waals surface area (Å²) >= 11 is 11.7. The smallest absolute Gasteiger partial charge is 0.324 e. The lowest BCUT2D eigenvalue weighted by Crippen LogP contribution is -2.36. The van der Waals surface area contributed by atoms with Gasteiger partial charge in [0.05, 0.1) is 11.9 Å². The normalized spacial score (nSPS) is 11.8. The number of amides is 1. The quantitative estimate of drug-likeness (QED) is 0.693. The second kappa shape index (κ2) is 8.33. The summed E-state index contributed by atoms with van der Waals surface area (Å²) in [7, 11) is 0. The van der Waals surface area contributed by atoms with Crippen LogP contribution in [-0.4, -0.2) is 20.7 Å². The highest BCUT2D eigenvalue weighted by atomic mass is 35.5. The number of aromatic nitrogens is 3. The molecule has 0 saturated heterocycles. The van der Waals surface area contributed by atoms with E-state index in [4.69, 9.17) is 23.2 Å². The molecule has 0 aliphatic carbocycles. The molecule has 1 aromatic heterocycles. The summed E-state index contributed by atoms with van der Waals surface area (Å²) in [6.45, 7) is 1.80. The fraction of sp³-hybridized carbons (Fsp3) is 0.158. The van der Waals surface area contributed by atoms with Crippen molar-refractivity contribution in [2.24, 2.45) is 0 Å². The van der Waals surface area contributed by atoms with Crippen LogP contribution >= 0.6 is 23.2 Å². The van der Waals surface area contributed by atoms with Crippen LogP contribution in [-0.2, 0) is 4.79 Å². The third-order valence-electron chi connectivity index (χ3n) is 3.95. The lowest BCUT2D eigenvalue weighted by atomic mass is 10.2. The zero-order chi connectivity index (χ0) is 19.4. The molecule has 6 nitrogen and oxygen atoms in total. The third-order valence-corrected chi connectivity index (χ3v) is 4.46. The summed E-state index contributed by atoms with van der Waals surface area (Å²) in [5.41, 5.74) is 1.12. The molecule has 0 spiro atoms. The van der Waals surface area contributed by atoms with Crippen molar-refractivity contribution in [3.8, 4) is 11.3 Å². The average Bonchev–Trinajstić information content (AvgIpc) is 2.66. The van der Waals surface area contributed by atoms with Gasteiger partial charge in [-0.15, -0.1) is 0 Å². The molecular weight excluding hydrogens is 387 g/mol. The maximum absolute atomic E-state index is 12.6. The van der Waals surface area contributed by atoms with Crippen LogP contribution in [0.15, 0.2) is 59.5 Å². The van der Waals surface area contributed by atoms with Crippen molar-refractivity contribution in [1.29, 1.82) is 0 Å². The number of benzene rings is 2. The van der Waals surface area contributed by atoms with Gasteiger partial charge >= 0.3 is 5.69 Å². The van der Waals surface area contributed by atoms with Crippen LogP contribution in [0, 0.1) is 0 Å². The molecule has 1 heterocycles. The van der Waals surface area contributed by atoms with E-state index >= 15 is 0 Å². The molecule has 1 amide bonds. The van der Waals surface area contributed by atoms with Crippen molar-refractivity contribution in [2.45, 2.75) is 19.4 Å². The van der Waals surface area contributed by atoms with Gasteiger partial charge in [0.1, 0.15) is 6.04 Å². The lowest BCUT2D eigenvalue weighted by molar-refractivity contribution is -0.119. The Bertz CT molecular complexity index is 1000. The predicted octanol–water partition coefficient (Wildman–Crippen LogP) is 4.20.